The van der Waals surface area contributed by atoms with Crippen LogP contribution in [0, 0.1) is 11.8 Å². The first-order valence-corrected chi connectivity index (χ1v) is 15.3. The van der Waals surface area contributed by atoms with Crippen molar-refractivity contribution in [2.45, 2.75) is 87.4 Å². The standard InChI is InChI=1S/C26H42Cl2N3O6S/c1-5-14-36-23-16-22(28)21(27)15-20(23)24(29-38(35)26(2,3)4)17-10-12-30(13-11-17)25(32)37-19-8-6-18(7-9-19)31(33)34/h6-9,17,20-24,29,33-35H,5,10-16H2,1-4H3. The van der Waals surface area contributed by atoms with Crippen LogP contribution in [0.15, 0.2) is 24.3 Å². The molecule has 5 unspecified atom stereocenters. The van der Waals surface area contributed by atoms with E-state index in [4.69, 9.17) is 43.1 Å². The number of amides is 1. The van der Waals surface area contributed by atoms with Gasteiger partial charge in [-0.25, -0.2) is 9.52 Å². The van der Waals surface area contributed by atoms with Crippen LogP contribution >= 0.6 is 34.6 Å². The van der Waals surface area contributed by atoms with E-state index in [0.717, 1.165) is 19.3 Å². The molecule has 1 amide bonds. The molecule has 1 aromatic rings. The summed E-state index contributed by atoms with van der Waals surface area (Å²) in [5.41, 5.74) is 0.158. The number of likely N-dealkylation sites (tertiary alicyclic amines) is 1. The molecule has 38 heavy (non-hydrogen) atoms. The highest BCUT2D eigenvalue weighted by molar-refractivity contribution is 8.11. The molecule has 1 radical (unpaired) electrons. The average Bonchev–Trinajstić information content (AvgIpc) is 2.87. The second-order valence-corrected chi connectivity index (χ2v) is 14.2. The fraction of sp³-hybridized carbons (Fsp3) is 0.731. The van der Waals surface area contributed by atoms with E-state index in [-0.39, 0.29) is 50.4 Å². The molecule has 0 spiro atoms. The number of rotatable bonds is 9. The summed E-state index contributed by atoms with van der Waals surface area (Å²) in [6, 6.07) is 5.83. The zero-order valence-electron chi connectivity index (χ0n) is 22.6. The normalized spacial score (nSPS) is 25.9. The van der Waals surface area contributed by atoms with E-state index >= 15 is 0 Å². The second-order valence-electron chi connectivity index (χ2n) is 11.1. The first-order chi connectivity index (χ1) is 17.9. The molecule has 1 saturated carbocycles. The van der Waals surface area contributed by atoms with Gasteiger partial charge in [0.2, 0.25) is 0 Å². The Morgan fingerprint density at radius 3 is 2.32 bits per heavy atom. The van der Waals surface area contributed by atoms with Gasteiger partial charge in [-0.2, -0.15) is 0 Å². The van der Waals surface area contributed by atoms with Gasteiger partial charge in [0.05, 0.1) is 22.5 Å². The lowest BCUT2D eigenvalue weighted by molar-refractivity contribution is -0.0291. The molecule has 2 aliphatic rings. The molecule has 0 aromatic heterocycles. The highest BCUT2D eigenvalue weighted by Gasteiger charge is 2.44. The molecule has 5 atom stereocenters. The molecule has 2 fully saturated rings. The Morgan fingerprint density at radius 2 is 1.76 bits per heavy atom. The van der Waals surface area contributed by atoms with Crippen molar-refractivity contribution in [2.75, 3.05) is 24.9 Å². The lowest BCUT2D eigenvalue weighted by Gasteiger charge is -2.47. The number of carbonyl (C=O) groups excluding carboxylic acids is 1. The predicted molar refractivity (Wildman–Crippen MR) is 152 cm³/mol. The van der Waals surface area contributed by atoms with E-state index in [0.29, 0.717) is 38.3 Å². The monoisotopic (exact) mass is 594 g/mol. The highest BCUT2D eigenvalue weighted by Crippen LogP contribution is 2.43. The molecule has 12 heteroatoms. The maximum atomic E-state index is 12.8. The maximum Gasteiger partial charge on any atom is 0.415 e. The number of nitrogens with one attached hydrogen (secondary N) is 1. The lowest BCUT2D eigenvalue weighted by atomic mass is 9.74. The smallest absolute Gasteiger partial charge is 0.410 e. The lowest BCUT2D eigenvalue weighted by Crippen LogP contribution is -2.54. The maximum absolute atomic E-state index is 12.8. The van der Waals surface area contributed by atoms with Gasteiger partial charge in [-0.15, -0.1) is 28.4 Å². The van der Waals surface area contributed by atoms with E-state index in [1.165, 1.54) is 24.3 Å². The molecule has 4 N–H and O–H groups in total. The highest BCUT2D eigenvalue weighted by atomic mass is 35.5. The summed E-state index contributed by atoms with van der Waals surface area (Å²) in [7, 11) is 0. The van der Waals surface area contributed by atoms with Gasteiger partial charge in [0.15, 0.2) is 0 Å². The van der Waals surface area contributed by atoms with Crippen molar-refractivity contribution < 1.29 is 29.2 Å². The van der Waals surface area contributed by atoms with Gasteiger partial charge in [-0.3, -0.25) is 10.4 Å². The molecule has 0 bridgehead atoms. The number of halogens is 2. The van der Waals surface area contributed by atoms with Crippen molar-refractivity contribution in [1.29, 1.82) is 0 Å². The van der Waals surface area contributed by atoms with E-state index in [1.54, 1.807) is 4.90 Å². The minimum absolute atomic E-state index is 0.00188. The van der Waals surface area contributed by atoms with Gasteiger partial charge in [0.25, 0.3) is 0 Å². The van der Waals surface area contributed by atoms with Gasteiger partial charge < -0.3 is 18.9 Å². The van der Waals surface area contributed by atoms with Crippen LogP contribution < -0.4 is 14.7 Å². The van der Waals surface area contributed by atoms with Crippen molar-refractivity contribution in [2.24, 2.45) is 11.8 Å². The van der Waals surface area contributed by atoms with E-state index in [9.17, 15) is 9.35 Å². The molecule has 1 aliphatic carbocycles. The number of hydrogen-bond donors (Lipinski definition) is 4. The number of benzene rings is 1. The zero-order valence-corrected chi connectivity index (χ0v) is 24.9. The zero-order chi connectivity index (χ0) is 28.0. The predicted octanol–water partition coefficient (Wildman–Crippen LogP) is 6.32. The third-order valence-corrected chi connectivity index (χ3v) is 9.98. The number of alkyl halides is 2. The number of nitrogens with zero attached hydrogens (tertiary/aromatic N) is 2. The van der Waals surface area contributed by atoms with Crippen molar-refractivity contribution in [3.05, 3.63) is 24.3 Å². The average molecular weight is 596 g/mol. The Balaban J connectivity index is 1.70. The molecule has 217 valence electrons. The Kier molecular flexibility index (Phi) is 11.7. The first kappa shape index (κ1) is 31.5. The Hall–Kier alpha value is -0.980. The summed E-state index contributed by atoms with van der Waals surface area (Å²) in [6.07, 6.45) is 3.25. The molecular weight excluding hydrogens is 553 g/mol. The van der Waals surface area contributed by atoms with Crippen LogP contribution in [0.25, 0.3) is 0 Å². The second kappa shape index (κ2) is 14.1. The van der Waals surface area contributed by atoms with Crippen LogP contribution in [0.5, 0.6) is 5.75 Å². The third kappa shape index (κ3) is 8.51. The van der Waals surface area contributed by atoms with Gasteiger partial charge >= 0.3 is 6.09 Å². The van der Waals surface area contributed by atoms with Gasteiger partial charge in [-0.05, 0) is 94.4 Å². The molecule has 1 saturated heterocycles. The number of ether oxygens (including phenoxy) is 2. The van der Waals surface area contributed by atoms with E-state index in [2.05, 4.69) is 11.6 Å². The minimum Gasteiger partial charge on any atom is -0.410 e. The number of piperidine rings is 1. The molecular formula is C26H42Cl2N3O6S. The summed E-state index contributed by atoms with van der Waals surface area (Å²) in [4.78, 5) is 14.5. The van der Waals surface area contributed by atoms with Crippen LogP contribution in [-0.4, -0.2) is 73.3 Å². The Morgan fingerprint density at radius 1 is 1.16 bits per heavy atom. The summed E-state index contributed by atoms with van der Waals surface area (Å²) >= 11 is 12.2. The van der Waals surface area contributed by atoms with Crippen LogP contribution in [0.2, 0.25) is 0 Å². The van der Waals surface area contributed by atoms with Crippen molar-refractivity contribution in [3.63, 3.8) is 0 Å². The fourth-order valence-corrected chi connectivity index (χ4v) is 6.60. The molecule has 1 aliphatic heterocycles. The van der Waals surface area contributed by atoms with Crippen LogP contribution in [0.3, 0.4) is 0 Å². The van der Waals surface area contributed by atoms with E-state index < -0.39 is 17.5 Å². The van der Waals surface area contributed by atoms with Crippen molar-refractivity contribution in [3.8, 4) is 5.75 Å². The summed E-state index contributed by atoms with van der Waals surface area (Å²) in [6.45, 7) is 9.79. The fourth-order valence-electron chi connectivity index (χ4n) is 5.04. The summed E-state index contributed by atoms with van der Waals surface area (Å²) in [5, 5.41) is 17.8. The number of anilines is 1. The third-order valence-electron chi connectivity index (χ3n) is 7.23. The first-order valence-electron chi connectivity index (χ1n) is 13.2. The molecule has 1 aromatic carbocycles. The van der Waals surface area contributed by atoms with E-state index in [1.807, 2.05) is 20.8 Å². The van der Waals surface area contributed by atoms with Gasteiger partial charge in [0.1, 0.15) is 5.75 Å². The van der Waals surface area contributed by atoms with Crippen LogP contribution in [0.1, 0.15) is 59.8 Å². The molecule has 9 nitrogen and oxygen atoms in total. The van der Waals surface area contributed by atoms with Crippen LogP contribution in [-0.2, 0) is 4.74 Å². The Bertz CT molecular complexity index is 883. The minimum atomic E-state index is -1.04. The Labute approximate surface area is 239 Å². The van der Waals surface area contributed by atoms with Crippen LogP contribution in [0.4, 0.5) is 10.5 Å². The van der Waals surface area contributed by atoms with Crippen molar-refractivity contribution >= 4 is 46.3 Å². The van der Waals surface area contributed by atoms with Gasteiger partial charge in [-0.1, -0.05) is 6.92 Å². The van der Waals surface area contributed by atoms with Gasteiger partial charge in [0, 0.05) is 36.4 Å². The molecule has 3 rings (SSSR count). The molecule has 1 heterocycles. The number of hydrogen-bond acceptors (Lipinski definition) is 8. The summed E-state index contributed by atoms with van der Waals surface area (Å²) in [5.74, 6) is 0.609. The number of carbonyl (C=O) groups is 1. The SMILES string of the molecule is CCCOC1CC(Cl)C(Cl)CC1C(N[S](O)C(C)(C)C)C1CCN(C(=O)Oc2ccc(N(O)O)cc2)CC1. The largest absolute Gasteiger partial charge is 0.415 e. The topological polar surface area (TPSA) is 115 Å². The quantitative estimate of drug-likeness (QED) is 0.194. The summed E-state index contributed by atoms with van der Waals surface area (Å²) < 4.78 is 26.1. The van der Waals surface area contributed by atoms with Crippen molar-refractivity contribution in [1.82, 2.24) is 9.62 Å².